The number of nitrogens with two attached hydrogens (primary N) is 1. The molecule has 0 aliphatic carbocycles. The van der Waals surface area contributed by atoms with Crippen LogP contribution in [0.2, 0.25) is 0 Å². The molecule has 0 spiro atoms. The molecule has 0 fully saturated rings. The van der Waals surface area contributed by atoms with Gasteiger partial charge in [-0.1, -0.05) is 12.1 Å². The topological polar surface area (TPSA) is 42.1 Å². The van der Waals surface area contributed by atoms with Gasteiger partial charge in [0.15, 0.2) is 0 Å². The Morgan fingerprint density at radius 1 is 1.50 bits per heavy atom. The van der Waals surface area contributed by atoms with Crippen molar-refractivity contribution in [1.29, 1.82) is 0 Å². The zero-order chi connectivity index (χ0) is 13.1. The van der Waals surface area contributed by atoms with Crippen molar-refractivity contribution in [2.45, 2.75) is 19.5 Å². The predicted molar refractivity (Wildman–Crippen MR) is 73.2 cm³/mol. The monoisotopic (exact) mass is 265 g/mol. The lowest BCUT2D eigenvalue weighted by Gasteiger charge is -2.23. The van der Waals surface area contributed by atoms with Crippen molar-refractivity contribution in [2.75, 3.05) is 11.9 Å². The van der Waals surface area contributed by atoms with Gasteiger partial charge >= 0.3 is 0 Å². The summed E-state index contributed by atoms with van der Waals surface area (Å²) < 4.78 is 14.0. The molecule has 5 heteroatoms. The molecular formula is C13H16FN3S. The van der Waals surface area contributed by atoms with Gasteiger partial charge in [0, 0.05) is 18.5 Å². The van der Waals surface area contributed by atoms with Gasteiger partial charge in [-0.3, -0.25) is 0 Å². The first-order valence-corrected chi connectivity index (χ1v) is 6.66. The SMILES string of the molecule is C[C@H](N)c1cccc(F)c1N(C)Cc1cscn1. The van der Waals surface area contributed by atoms with E-state index in [1.807, 2.05) is 30.3 Å². The second-order valence-corrected chi connectivity index (χ2v) is 5.02. The van der Waals surface area contributed by atoms with E-state index in [9.17, 15) is 4.39 Å². The number of para-hydroxylation sites is 1. The lowest BCUT2D eigenvalue weighted by atomic mass is 10.1. The standard InChI is InChI=1S/C13H16FN3S/c1-9(15)11-4-3-5-12(14)13(11)17(2)6-10-7-18-8-16-10/h3-5,7-9H,6,15H2,1-2H3/t9-/m0/s1. The van der Waals surface area contributed by atoms with Crippen molar-refractivity contribution >= 4 is 17.0 Å². The number of thiazole rings is 1. The molecule has 0 unspecified atom stereocenters. The minimum atomic E-state index is -0.248. The van der Waals surface area contributed by atoms with Crippen LogP contribution in [0.5, 0.6) is 0 Å². The molecule has 3 nitrogen and oxygen atoms in total. The molecule has 2 rings (SSSR count). The van der Waals surface area contributed by atoms with Crippen LogP contribution >= 0.6 is 11.3 Å². The molecule has 1 heterocycles. The normalized spacial score (nSPS) is 12.4. The van der Waals surface area contributed by atoms with Crippen LogP contribution in [0.4, 0.5) is 10.1 Å². The fourth-order valence-electron chi connectivity index (χ4n) is 1.94. The quantitative estimate of drug-likeness (QED) is 0.924. The van der Waals surface area contributed by atoms with E-state index < -0.39 is 0 Å². The van der Waals surface area contributed by atoms with Gasteiger partial charge < -0.3 is 10.6 Å². The molecule has 1 atom stereocenters. The minimum absolute atomic E-state index is 0.200. The fourth-order valence-corrected chi connectivity index (χ4v) is 2.49. The van der Waals surface area contributed by atoms with Gasteiger partial charge in [-0.25, -0.2) is 9.37 Å². The van der Waals surface area contributed by atoms with Gasteiger partial charge in [-0.15, -0.1) is 11.3 Å². The summed E-state index contributed by atoms with van der Waals surface area (Å²) in [7, 11) is 1.85. The van der Waals surface area contributed by atoms with E-state index in [0.717, 1.165) is 11.3 Å². The Bertz CT molecular complexity index is 511. The van der Waals surface area contributed by atoms with E-state index in [0.29, 0.717) is 12.2 Å². The average molecular weight is 265 g/mol. The van der Waals surface area contributed by atoms with Gasteiger partial charge in [-0.2, -0.15) is 0 Å². The van der Waals surface area contributed by atoms with Crippen LogP contribution in [0.3, 0.4) is 0 Å². The number of hydrogen-bond donors (Lipinski definition) is 1. The Kier molecular flexibility index (Phi) is 3.93. The summed E-state index contributed by atoms with van der Waals surface area (Å²) in [4.78, 5) is 6.06. The average Bonchev–Trinajstić information content (AvgIpc) is 2.81. The van der Waals surface area contributed by atoms with E-state index in [-0.39, 0.29) is 11.9 Å². The Morgan fingerprint density at radius 3 is 2.89 bits per heavy atom. The zero-order valence-corrected chi connectivity index (χ0v) is 11.2. The highest BCUT2D eigenvalue weighted by molar-refractivity contribution is 7.07. The third-order valence-corrected chi connectivity index (χ3v) is 3.41. The van der Waals surface area contributed by atoms with Gasteiger partial charge in [0.05, 0.1) is 23.4 Å². The fraction of sp³-hybridized carbons (Fsp3) is 0.308. The second kappa shape index (κ2) is 5.46. The smallest absolute Gasteiger partial charge is 0.146 e. The molecule has 0 aliphatic rings. The summed E-state index contributed by atoms with van der Waals surface area (Å²) in [6.07, 6.45) is 0. The zero-order valence-electron chi connectivity index (χ0n) is 10.4. The number of benzene rings is 1. The molecule has 2 aromatic rings. The minimum Gasteiger partial charge on any atom is -0.366 e. The van der Waals surface area contributed by atoms with Crippen molar-refractivity contribution in [3.8, 4) is 0 Å². The highest BCUT2D eigenvalue weighted by atomic mass is 32.1. The molecule has 0 saturated heterocycles. The third kappa shape index (κ3) is 2.68. The van der Waals surface area contributed by atoms with Crippen molar-refractivity contribution in [2.24, 2.45) is 5.73 Å². The molecule has 0 bridgehead atoms. The highest BCUT2D eigenvalue weighted by Crippen LogP contribution is 2.28. The number of rotatable bonds is 4. The van der Waals surface area contributed by atoms with Crippen LogP contribution in [-0.4, -0.2) is 12.0 Å². The maximum atomic E-state index is 14.0. The molecule has 2 N–H and O–H groups in total. The van der Waals surface area contributed by atoms with E-state index in [4.69, 9.17) is 5.73 Å². The number of halogens is 1. The first kappa shape index (κ1) is 13.0. The van der Waals surface area contributed by atoms with Crippen LogP contribution < -0.4 is 10.6 Å². The number of hydrogen-bond acceptors (Lipinski definition) is 4. The Balaban J connectivity index is 2.31. The van der Waals surface area contributed by atoms with Crippen molar-refractivity contribution in [1.82, 2.24) is 4.98 Å². The summed E-state index contributed by atoms with van der Waals surface area (Å²) in [5, 5.41) is 1.96. The van der Waals surface area contributed by atoms with Crippen molar-refractivity contribution in [3.63, 3.8) is 0 Å². The Hall–Kier alpha value is -1.46. The van der Waals surface area contributed by atoms with E-state index in [1.165, 1.54) is 17.4 Å². The lowest BCUT2D eigenvalue weighted by molar-refractivity contribution is 0.615. The second-order valence-electron chi connectivity index (χ2n) is 4.30. The first-order valence-electron chi connectivity index (χ1n) is 5.71. The molecule has 18 heavy (non-hydrogen) atoms. The Labute approximate surface area is 110 Å². The summed E-state index contributed by atoms with van der Waals surface area (Å²) in [5.41, 5.74) is 9.96. The van der Waals surface area contributed by atoms with Crippen molar-refractivity contribution in [3.05, 3.63) is 46.2 Å². The molecule has 0 amide bonds. The molecule has 96 valence electrons. The summed E-state index contributed by atoms with van der Waals surface area (Å²) in [5.74, 6) is -0.248. The van der Waals surface area contributed by atoms with Gasteiger partial charge in [0.25, 0.3) is 0 Å². The number of nitrogens with zero attached hydrogens (tertiary/aromatic N) is 2. The van der Waals surface area contributed by atoms with Crippen LogP contribution in [-0.2, 0) is 6.54 Å². The predicted octanol–water partition coefficient (Wildman–Crippen LogP) is 2.94. The van der Waals surface area contributed by atoms with Crippen molar-refractivity contribution < 1.29 is 4.39 Å². The summed E-state index contributed by atoms with van der Waals surface area (Å²) >= 11 is 1.54. The molecule has 0 aliphatic heterocycles. The van der Waals surface area contributed by atoms with E-state index in [1.54, 1.807) is 11.6 Å². The van der Waals surface area contributed by atoms with E-state index >= 15 is 0 Å². The maximum Gasteiger partial charge on any atom is 0.146 e. The number of aromatic nitrogens is 1. The highest BCUT2D eigenvalue weighted by Gasteiger charge is 2.16. The van der Waals surface area contributed by atoms with Gasteiger partial charge in [0.1, 0.15) is 5.82 Å². The molecule has 0 saturated carbocycles. The largest absolute Gasteiger partial charge is 0.366 e. The van der Waals surface area contributed by atoms with Gasteiger partial charge in [-0.05, 0) is 18.6 Å². The van der Waals surface area contributed by atoms with Crippen LogP contribution in [0, 0.1) is 5.82 Å². The van der Waals surface area contributed by atoms with Gasteiger partial charge in [0.2, 0.25) is 0 Å². The summed E-state index contributed by atoms with van der Waals surface area (Å²) in [6, 6.07) is 4.81. The number of anilines is 1. The van der Waals surface area contributed by atoms with Crippen LogP contribution in [0.25, 0.3) is 0 Å². The lowest BCUT2D eigenvalue weighted by Crippen LogP contribution is -2.21. The Morgan fingerprint density at radius 2 is 2.28 bits per heavy atom. The molecule has 1 aromatic heterocycles. The van der Waals surface area contributed by atoms with Crippen LogP contribution in [0.15, 0.2) is 29.1 Å². The van der Waals surface area contributed by atoms with E-state index in [2.05, 4.69) is 4.98 Å². The first-order chi connectivity index (χ1) is 8.59. The van der Waals surface area contributed by atoms with Crippen LogP contribution in [0.1, 0.15) is 24.2 Å². The maximum absolute atomic E-state index is 14.0. The molecular weight excluding hydrogens is 249 g/mol. The summed E-state index contributed by atoms with van der Waals surface area (Å²) in [6.45, 7) is 2.43. The third-order valence-electron chi connectivity index (χ3n) is 2.77. The molecule has 1 aromatic carbocycles. The molecule has 0 radical (unpaired) electrons.